The Balaban J connectivity index is 2.33. The molecule has 2 rings (SSSR count). The maximum absolute atomic E-state index is 13.2. The molecule has 90 valence electrons. The SMILES string of the molecule is CCN(c1cccc(F)c1)c1nc(CCl)cs1. The van der Waals surface area contributed by atoms with E-state index in [4.69, 9.17) is 11.6 Å². The second-order valence-corrected chi connectivity index (χ2v) is 4.58. The van der Waals surface area contributed by atoms with E-state index in [0.29, 0.717) is 5.88 Å². The zero-order valence-corrected chi connectivity index (χ0v) is 10.9. The van der Waals surface area contributed by atoms with Gasteiger partial charge in [0.15, 0.2) is 5.13 Å². The van der Waals surface area contributed by atoms with Gasteiger partial charge in [-0.05, 0) is 25.1 Å². The van der Waals surface area contributed by atoms with Crippen molar-refractivity contribution in [2.24, 2.45) is 0 Å². The number of halogens is 2. The van der Waals surface area contributed by atoms with Crippen molar-refractivity contribution in [1.82, 2.24) is 4.98 Å². The second kappa shape index (κ2) is 5.47. The fraction of sp³-hybridized carbons (Fsp3) is 0.250. The fourth-order valence-electron chi connectivity index (χ4n) is 1.55. The summed E-state index contributed by atoms with van der Waals surface area (Å²) in [6.45, 7) is 2.74. The van der Waals surface area contributed by atoms with E-state index in [-0.39, 0.29) is 5.82 Å². The van der Waals surface area contributed by atoms with E-state index in [1.165, 1.54) is 23.5 Å². The quantitative estimate of drug-likeness (QED) is 0.775. The Morgan fingerprint density at radius 1 is 1.47 bits per heavy atom. The lowest BCUT2D eigenvalue weighted by atomic mass is 10.3. The molecule has 0 fully saturated rings. The van der Waals surface area contributed by atoms with Gasteiger partial charge in [0.2, 0.25) is 0 Å². The molecule has 0 amide bonds. The van der Waals surface area contributed by atoms with Gasteiger partial charge in [-0.2, -0.15) is 0 Å². The van der Waals surface area contributed by atoms with Gasteiger partial charge in [0.05, 0.1) is 11.6 Å². The molecule has 1 aromatic heterocycles. The van der Waals surface area contributed by atoms with E-state index in [1.807, 2.05) is 23.3 Å². The van der Waals surface area contributed by atoms with Crippen LogP contribution < -0.4 is 4.90 Å². The molecular weight excluding hydrogens is 259 g/mol. The molecule has 0 saturated carbocycles. The van der Waals surface area contributed by atoms with Gasteiger partial charge in [0.1, 0.15) is 5.82 Å². The van der Waals surface area contributed by atoms with Crippen LogP contribution >= 0.6 is 22.9 Å². The fourth-order valence-corrected chi connectivity index (χ4v) is 2.69. The van der Waals surface area contributed by atoms with E-state index in [1.54, 1.807) is 6.07 Å². The first-order chi connectivity index (χ1) is 8.24. The molecule has 0 radical (unpaired) electrons. The summed E-state index contributed by atoms with van der Waals surface area (Å²) in [4.78, 5) is 6.36. The van der Waals surface area contributed by atoms with Crippen LogP contribution in [0.2, 0.25) is 0 Å². The van der Waals surface area contributed by atoms with Crippen molar-refractivity contribution in [1.29, 1.82) is 0 Å². The Hall–Kier alpha value is -1.13. The molecule has 0 spiro atoms. The van der Waals surface area contributed by atoms with Crippen molar-refractivity contribution in [3.63, 3.8) is 0 Å². The van der Waals surface area contributed by atoms with Gasteiger partial charge in [0.25, 0.3) is 0 Å². The number of rotatable bonds is 4. The van der Waals surface area contributed by atoms with E-state index in [9.17, 15) is 4.39 Å². The minimum Gasteiger partial charge on any atom is -0.318 e. The zero-order valence-electron chi connectivity index (χ0n) is 9.36. The van der Waals surface area contributed by atoms with Gasteiger partial charge in [-0.25, -0.2) is 9.37 Å². The van der Waals surface area contributed by atoms with E-state index in [2.05, 4.69) is 4.98 Å². The number of thiazole rings is 1. The van der Waals surface area contributed by atoms with Crippen molar-refractivity contribution >= 4 is 33.8 Å². The van der Waals surface area contributed by atoms with E-state index < -0.39 is 0 Å². The normalized spacial score (nSPS) is 10.5. The predicted octanol–water partition coefficient (Wildman–Crippen LogP) is 4.18. The van der Waals surface area contributed by atoms with Crippen LogP contribution in [0.5, 0.6) is 0 Å². The van der Waals surface area contributed by atoms with Crippen LogP contribution in [0.1, 0.15) is 12.6 Å². The van der Waals surface area contributed by atoms with Crippen molar-refractivity contribution in [3.8, 4) is 0 Å². The van der Waals surface area contributed by atoms with Crippen LogP contribution in [0, 0.1) is 5.82 Å². The van der Waals surface area contributed by atoms with Crippen molar-refractivity contribution < 1.29 is 4.39 Å². The topological polar surface area (TPSA) is 16.1 Å². The number of nitrogens with zero attached hydrogens (tertiary/aromatic N) is 2. The molecule has 0 aliphatic rings. The number of aromatic nitrogens is 1. The lowest BCUT2D eigenvalue weighted by molar-refractivity contribution is 0.627. The maximum atomic E-state index is 13.2. The molecule has 17 heavy (non-hydrogen) atoms. The standard InChI is InChI=1S/C12H12ClFN2S/c1-2-16(11-5-3-4-9(14)6-11)12-15-10(7-13)8-17-12/h3-6,8H,2,7H2,1H3. The van der Waals surface area contributed by atoms with Gasteiger partial charge < -0.3 is 4.90 Å². The van der Waals surface area contributed by atoms with Crippen LogP contribution in [0.25, 0.3) is 0 Å². The molecule has 1 aromatic carbocycles. The molecule has 0 unspecified atom stereocenters. The van der Waals surface area contributed by atoms with Crippen molar-refractivity contribution in [2.75, 3.05) is 11.4 Å². The minimum atomic E-state index is -0.241. The molecule has 1 heterocycles. The smallest absolute Gasteiger partial charge is 0.190 e. The van der Waals surface area contributed by atoms with Crippen LogP contribution in [0.15, 0.2) is 29.6 Å². The third-order valence-electron chi connectivity index (χ3n) is 2.34. The highest BCUT2D eigenvalue weighted by Gasteiger charge is 2.11. The highest BCUT2D eigenvalue weighted by atomic mass is 35.5. The third kappa shape index (κ3) is 2.76. The molecule has 2 aromatic rings. The average molecular weight is 271 g/mol. The molecule has 2 nitrogen and oxygen atoms in total. The molecule has 0 aliphatic heterocycles. The van der Waals surface area contributed by atoms with Gasteiger partial charge in [0, 0.05) is 17.6 Å². The highest BCUT2D eigenvalue weighted by molar-refractivity contribution is 7.13. The van der Waals surface area contributed by atoms with Gasteiger partial charge in [-0.15, -0.1) is 22.9 Å². The van der Waals surface area contributed by atoms with Crippen LogP contribution in [0.4, 0.5) is 15.2 Å². The third-order valence-corrected chi connectivity index (χ3v) is 3.53. The largest absolute Gasteiger partial charge is 0.318 e. The number of hydrogen-bond donors (Lipinski definition) is 0. The Kier molecular flexibility index (Phi) is 3.97. The Labute approximate surface area is 109 Å². The summed E-state index contributed by atoms with van der Waals surface area (Å²) in [6.07, 6.45) is 0. The van der Waals surface area contributed by atoms with Crippen LogP contribution in [-0.4, -0.2) is 11.5 Å². The highest BCUT2D eigenvalue weighted by Crippen LogP contribution is 2.28. The van der Waals surface area contributed by atoms with Crippen LogP contribution in [-0.2, 0) is 5.88 Å². The summed E-state index contributed by atoms with van der Waals surface area (Å²) < 4.78 is 13.2. The Morgan fingerprint density at radius 2 is 2.29 bits per heavy atom. The first-order valence-corrected chi connectivity index (χ1v) is 6.69. The minimum absolute atomic E-state index is 0.241. The van der Waals surface area contributed by atoms with E-state index >= 15 is 0 Å². The summed E-state index contributed by atoms with van der Waals surface area (Å²) in [7, 11) is 0. The summed E-state index contributed by atoms with van der Waals surface area (Å²) in [6, 6.07) is 6.51. The average Bonchev–Trinajstić information content (AvgIpc) is 2.79. The monoisotopic (exact) mass is 270 g/mol. The number of benzene rings is 1. The zero-order chi connectivity index (χ0) is 12.3. The molecule has 0 saturated heterocycles. The molecule has 5 heteroatoms. The van der Waals surface area contributed by atoms with Crippen molar-refractivity contribution in [3.05, 3.63) is 41.2 Å². The van der Waals surface area contributed by atoms with Gasteiger partial charge in [-0.3, -0.25) is 0 Å². The van der Waals surface area contributed by atoms with E-state index in [0.717, 1.165) is 23.1 Å². The lowest BCUT2D eigenvalue weighted by Crippen LogP contribution is -2.15. The molecular formula is C12H12ClFN2S. The maximum Gasteiger partial charge on any atom is 0.190 e. The molecule has 0 bridgehead atoms. The Bertz CT molecular complexity index is 501. The van der Waals surface area contributed by atoms with Gasteiger partial charge in [-0.1, -0.05) is 6.07 Å². The number of hydrogen-bond acceptors (Lipinski definition) is 3. The van der Waals surface area contributed by atoms with Crippen molar-refractivity contribution in [2.45, 2.75) is 12.8 Å². The number of alkyl halides is 1. The first kappa shape index (κ1) is 12.3. The Morgan fingerprint density at radius 3 is 2.88 bits per heavy atom. The predicted molar refractivity (Wildman–Crippen MR) is 70.8 cm³/mol. The van der Waals surface area contributed by atoms with Gasteiger partial charge >= 0.3 is 0 Å². The molecule has 0 atom stereocenters. The lowest BCUT2D eigenvalue weighted by Gasteiger charge is -2.19. The van der Waals surface area contributed by atoms with Crippen LogP contribution in [0.3, 0.4) is 0 Å². The summed E-state index contributed by atoms with van der Waals surface area (Å²) in [5.74, 6) is 0.159. The number of anilines is 2. The summed E-state index contributed by atoms with van der Waals surface area (Å²) in [5.41, 5.74) is 1.66. The summed E-state index contributed by atoms with van der Waals surface area (Å²) >= 11 is 7.24. The second-order valence-electron chi connectivity index (χ2n) is 3.48. The molecule has 0 N–H and O–H groups in total. The summed E-state index contributed by atoms with van der Waals surface area (Å²) in [5, 5.41) is 2.76. The first-order valence-electron chi connectivity index (χ1n) is 5.28. The molecule has 0 aliphatic carbocycles.